The van der Waals surface area contributed by atoms with Crippen LogP contribution in [0.1, 0.15) is 19.3 Å². The van der Waals surface area contributed by atoms with Crippen LogP contribution in [0.15, 0.2) is 0 Å². The van der Waals surface area contributed by atoms with Gasteiger partial charge in [0.15, 0.2) is 0 Å². The number of aliphatic hydroxyl groups is 1. The molecule has 1 rings (SSSR count). The summed E-state index contributed by atoms with van der Waals surface area (Å²) in [6.45, 7) is -0.190. The van der Waals surface area contributed by atoms with Crippen LogP contribution in [-0.4, -0.2) is 33.6 Å². The number of halogens is 3. The zero-order chi connectivity index (χ0) is 10.3. The van der Waals surface area contributed by atoms with Crippen LogP contribution < -0.4 is 0 Å². The molecule has 74 valence electrons. The van der Waals surface area contributed by atoms with E-state index in [9.17, 15) is 13.2 Å². The van der Waals surface area contributed by atoms with Gasteiger partial charge in [0.25, 0.3) is 0 Å². The predicted octanol–water partition coefficient (Wildman–Crippen LogP) is 0.0937. The van der Waals surface area contributed by atoms with Crippen molar-refractivity contribution in [2.45, 2.75) is 30.7 Å². The molecule has 1 fully saturated rings. The third kappa shape index (κ3) is 2.22. The summed E-state index contributed by atoms with van der Waals surface area (Å²) in [5.74, 6) is 0. The highest BCUT2D eigenvalue weighted by molar-refractivity contribution is 6.39. The quantitative estimate of drug-likeness (QED) is 0.628. The van der Waals surface area contributed by atoms with Crippen LogP contribution in [0.4, 0.5) is 13.2 Å². The molecule has 0 unspecified atom stereocenters. The molecular weight excluding hydrogens is 179 g/mol. The fourth-order valence-electron chi connectivity index (χ4n) is 1.68. The van der Waals surface area contributed by atoms with E-state index in [0.717, 1.165) is 0 Å². The molecule has 0 aromatic rings. The standard InChI is InChI=1S/C7H13B2F3O/c8-6(9,4-13)3-5(1-2-5)7(10,11)12/h13H,1-4,8-9H2. The van der Waals surface area contributed by atoms with Crippen molar-refractivity contribution in [2.75, 3.05) is 6.61 Å². The first-order chi connectivity index (χ1) is 5.72. The van der Waals surface area contributed by atoms with Gasteiger partial charge in [0.1, 0.15) is 15.7 Å². The van der Waals surface area contributed by atoms with Crippen LogP contribution in [0.2, 0.25) is 5.21 Å². The Balaban J connectivity index is 2.64. The lowest BCUT2D eigenvalue weighted by atomic mass is 9.51. The fraction of sp³-hybridized carbons (Fsp3) is 1.00. The average molecular weight is 192 g/mol. The van der Waals surface area contributed by atoms with E-state index in [0.29, 0.717) is 0 Å². The molecule has 0 radical (unpaired) electrons. The van der Waals surface area contributed by atoms with Crippen molar-refractivity contribution in [2.24, 2.45) is 5.41 Å². The first kappa shape index (κ1) is 11.0. The molecule has 1 nitrogen and oxygen atoms in total. The van der Waals surface area contributed by atoms with Crippen molar-refractivity contribution in [3.05, 3.63) is 0 Å². The Hall–Kier alpha value is -0.120. The summed E-state index contributed by atoms with van der Waals surface area (Å²) >= 11 is 0. The van der Waals surface area contributed by atoms with E-state index >= 15 is 0 Å². The van der Waals surface area contributed by atoms with Gasteiger partial charge >= 0.3 is 6.18 Å². The molecule has 0 aromatic carbocycles. The van der Waals surface area contributed by atoms with Gasteiger partial charge in [-0.15, -0.1) is 0 Å². The molecule has 1 N–H and O–H groups in total. The Morgan fingerprint density at radius 1 is 1.23 bits per heavy atom. The van der Waals surface area contributed by atoms with Crippen molar-refractivity contribution >= 4 is 15.7 Å². The molecule has 0 aromatic heterocycles. The molecule has 0 aliphatic heterocycles. The molecule has 1 aliphatic rings. The maximum atomic E-state index is 12.5. The van der Waals surface area contributed by atoms with Crippen LogP contribution in [0, 0.1) is 5.41 Å². The van der Waals surface area contributed by atoms with E-state index in [-0.39, 0.29) is 25.9 Å². The monoisotopic (exact) mass is 192 g/mol. The minimum absolute atomic E-state index is 0.0417. The molecule has 1 saturated carbocycles. The van der Waals surface area contributed by atoms with Crippen LogP contribution in [0.3, 0.4) is 0 Å². The Kier molecular flexibility index (Phi) is 2.48. The Morgan fingerprint density at radius 2 is 1.69 bits per heavy atom. The van der Waals surface area contributed by atoms with Gasteiger partial charge in [-0.1, -0.05) is 5.21 Å². The molecule has 0 spiro atoms. The van der Waals surface area contributed by atoms with Gasteiger partial charge in [-0.3, -0.25) is 0 Å². The zero-order valence-corrected chi connectivity index (χ0v) is 7.91. The second-order valence-corrected chi connectivity index (χ2v) is 4.78. The minimum Gasteiger partial charge on any atom is -0.397 e. The lowest BCUT2D eigenvalue weighted by molar-refractivity contribution is -0.190. The summed E-state index contributed by atoms with van der Waals surface area (Å²) in [5.41, 5.74) is -1.49. The van der Waals surface area contributed by atoms with E-state index in [1.165, 1.54) is 0 Å². The van der Waals surface area contributed by atoms with Crippen LogP contribution in [0.5, 0.6) is 0 Å². The topological polar surface area (TPSA) is 20.2 Å². The Labute approximate surface area is 77.5 Å². The second kappa shape index (κ2) is 2.94. The first-order valence-electron chi connectivity index (χ1n) is 4.40. The summed E-state index contributed by atoms with van der Waals surface area (Å²) in [6, 6.07) is 0. The first-order valence-corrected chi connectivity index (χ1v) is 4.40. The molecule has 1 aliphatic carbocycles. The highest BCUT2D eigenvalue weighted by atomic mass is 19.4. The van der Waals surface area contributed by atoms with Gasteiger partial charge in [-0.25, -0.2) is 0 Å². The van der Waals surface area contributed by atoms with Crippen molar-refractivity contribution in [1.82, 2.24) is 0 Å². The third-order valence-electron chi connectivity index (χ3n) is 2.70. The average Bonchev–Trinajstić information content (AvgIpc) is 2.67. The molecule has 0 bridgehead atoms. The second-order valence-electron chi connectivity index (χ2n) is 4.78. The number of hydrogen-bond donors (Lipinski definition) is 1. The van der Waals surface area contributed by atoms with E-state index in [1.54, 1.807) is 15.7 Å². The van der Waals surface area contributed by atoms with Gasteiger partial charge in [0.2, 0.25) is 0 Å². The van der Waals surface area contributed by atoms with Crippen molar-refractivity contribution in [1.29, 1.82) is 0 Å². The Morgan fingerprint density at radius 3 is 1.92 bits per heavy atom. The maximum absolute atomic E-state index is 12.5. The summed E-state index contributed by atoms with van der Waals surface area (Å²) in [6.07, 6.45) is -3.61. The fourth-order valence-corrected chi connectivity index (χ4v) is 1.68. The van der Waals surface area contributed by atoms with Crippen molar-refractivity contribution < 1.29 is 18.3 Å². The van der Waals surface area contributed by atoms with E-state index in [2.05, 4.69) is 0 Å². The smallest absolute Gasteiger partial charge is 0.394 e. The Bertz CT molecular complexity index is 198. The minimum atomic E-state index is -4.10. The van der Waals surface area contributed by atoms with Gasteiger partial charge in [-0.05, 0) is 19.3 Å². The van der Waals surface area contributed by atoms with Crippen molar-refractivity contribution in [3.8, 4) is 0 Å². The lowest BCUT2D eigenvalue weighted by Gasteiger charge is -2.29. The molecular formula is C7H13B2F3O. The highest BCUT2D eigenvalue weighted by Gasteiger charge is 2.63. The molecule has 13 heavy (non-hydrogen) atoms. The van der Waals surface area contributed by atoms with E-state index < -0.39 is 16.8 Å². The van der Waals surface area contributed by atoms with E-state index in [1.807, 2.05) is 0 Å². The van der Waals surface area contributed by atoms with Crippen LogP contribution >= 0.6 is 0 Å². The molecule has 0 atom stereocenters. The summed E-state index contributed by atoms with van der Waals surface area (Å²) in [5, 5.41) is 8.26. The number of alkyl halides is 3. The molecule has 0 heterocycles. The van der Waals surface area contributed by atoms with Gasteiger partial charge in [0.05, 0.1) is 5.41 Å². The normalized spacial score (nSPS) is 21.5. The van der Waals surface area contributed by atoms with Crippen LogP contribution in [-0.2, 0) is 0 Å². The summed E-state index contributed by atoms with van der Waals surface area (Å²) in [4.78, 5) is 0. The molecule has 6 heteroatoms. The highest BCUT2D eigenvalue weighted by Crippen LogP contribution is 2.63. The molecule has 0 saturated heterocycles. The predicted molar refractivity (Wildman–Crippen MR) is 49.2 cm³/mol. The molecule has 0 amide bonds. The third-order valence-corrected chi connectivity index (χ3v) is 2.70. The zero-order valence-electron chi connectivity index (χ0n) is 7.91. The largest absolute Gasteiger partial charge is 0.397 e. The van der Waals surface area contributed by atoms with Gasteiger partial charge < -0.3 is 5.11 Å². The number of aliphatic hydroxyl groups excluding tert-OH is 1. The van der Waals surface area contributed by atoms with Crippen molar-refractivity contribution in [3.63, 3.8) is 0 Å². The lowest BCUT2D eigenvalue weighted by Crippen LogP contribution is -2.32. The summed E-state index contributed by atoms with van der Waals surface area (Å²) < 4.78 is 37.4. The SMILES string of the molecule is BC(B)(CO)CC1(C(F)(F)F)CC1. The number of hydrogen-bond acceptors (Lipinski definition) is 1. The summed E-state index contributed by atoms with van der Waals surface area (Å²) in [7, 11) is 3.33. The maximum Gasteiger partial charge on any atom is 0.394 e. The number of rotatable bonds is 3. The van der Waals surface area contributed by atoms with Gasteiger partial charge in [0, 0.05) is 6.61 Å². The van der Waals surface area contributed by atoms with E-state index in [4.69, 9.17) is 5.11 Å². The van der Waals surface area contributed by atoms with Gasteiger partial charge in [-0.2, -0.15) is 13.2 Å². The van der Waals surface area contributed by atoms with Crippen LogP contribution in [0.25, 0.3) is 0 Å².